The van der Waals surface area contributed by atoms with Crippen LogP contribution < -0.4 is 15.4 Å². The van der Waals surface area contributed by atoms with Crippen LogP contribution in [0.4, 0.5) is 17.6 Å². The van der Waals surface area contributed by atoms with E-state index in [1.807, 2.05) is 4.90 Å². The molecule has 0 atom stereocenters. The summed E-state index contributed by atoms with van der Waals surface area (Å²) < 4.78 is 30.8. The summed E-state index contributed by atoms with van der Waals surface area (Å²) in [5, 5.41) is 0. The number of nitrogens with one attached hydrogen (secondary N) is 1. The second-order valence-corrected chi connectivity index (χ2v) is 7.13. The van der Waals surface area contributed by atoms with Gasteiger partial charge in [0.05, 0.1) is 25.2 Å². The number of morpholine rings is 1. The van der Waals surface area contributed by atoms with Crippen molar-refractivity contribution >= 4 is 27.6 Å². The summed E-state index contributed by atoms with van der Waals surface area (Å²) in [6, 6.07) is 5.01. The summed E-state index contributed by atoms with van der Waals surface area (Å²) in [6.45, 7) is 2.43. The molecule has 10 heteroatoms. The van der Waals surface area contributed by atoms with Crippen LogP contribution in [0.2, 0.25) is 0 Å². The maximum Gasteiger partial charge on any atom is 0.230 e. The van der Waals surface area contributed by atoms with Crippen molar-refractivity contribution in [1.29, 1.82) is 0 Å². The summed E-state index contributed by atoms with van der Waals surface area (Å²) >= 11 is 0. The van der Waals surface area contributed by atoms with Gasteiger partial charge in [-0.05, 0) is 12.1 Å². The highest BCUT2D eigenvalue weighted by Crippen LogP contribution is 2.24. The first-order chi connectivity index (χ1) is 11.4. The number of sulfonamides is 1. The fraction of sp³-hybridized carbons (Fsp3) is 0.357. The van der Waals surface area contributed by atoms with Crippen LogP contribution in [0.1, 0.15) is 0 Å². The molecular formula is C14H18N6O3S. The third kappa shape index (κ3) is 4.09. The van der Waals surface area contributed by atoms with Gasteiger partial charge in [-0.3, -0.25) is 4.72 Å². The van der Waals surface area contributed by atoms with Crippen LogP contribution in [0.3, 0.4) is 0 Å². The molecule has 1 fully saturated rings. The molecule has 0 amide bonds. The number of nitrogens with zero attached hydrogens (tertiary/aromatic N) is 4. The molecule has 128 valence electrons. The monoisotopic (exact) mass is 350 g/mol. The van der Waals surface area contributed by atoms with E-state index in [0.717, 1.165) is 11.8 Å². The minimum absolute atomic E-state index is 0.209. The van der Waals surface area contributed by atoms with Crippen molar-refractivity contribution < 1.29 is 13.2 Å². The molecule has 9 nitrogen and oxygen atoms in total. The molecule has 3 heterocycles. The second kappa shape index (κ2) is 6.57. The Labute approximate surface area is 139 Å². The summed E-state index contributed by atoms with van der Waals surface area (Å²) in [4.78, 5) is 14.8. The predicted molar refractivity (Wildman–Crippen MR) is 91.2 cm³/mol. The van der Waals surface area contributed by atoms with Gasteiger partial charge in [0.15, 0.2) is 0 Å². The summed E-state index contributed by atoms with van der Waals surface area (Å²) in [5.41, 5.74) is 6.89. The normalized spacial score (nSPS) is 15.3. The minimum Gasteiger partial charge on any atom is -0.384 e. The van der Waals surface area contributed by atoms with Crippen LogP contribution >= 0.6 is 0 Å². The highest BCUT2D eigenvalue weighted by molar-refractivity contribution is 7.92. The average Bonchev–Trinajstić information content (AvgIpc) is 2.54. The number of rotatable bonds is 4. The van der Waals surface area contributed by atoms with Gasteiger partial charge in [0.1, 0.15) is 11.6 Å². The van der Waals surface area contributed by atoms with Gasteiger partial charge in [0, 0.05) is 30.9 Å². The molecule has 0 bridgehead atoms. The first-order valence-electron chi connectivity index (χ1n) is 7.32. The Hall–Kier alpha value is -2.46. The molecule has 0 aromatic carbocycles. The summed E-state index contributed by atoms with van der Waals surface area (Å²) in [5.74, 6) is 1.05. The van der Waals surface area contributed by atoms with Crippen LogP contribution in [-0.2, 0) is 14.8 Å². The van der Waals surface area contributed by atoms with E-state index in [1.54, 1.807) is 24.4 Å². The second-order valence-electron chi connectivity index (χ2n) is 5.38. The van der Waals surface area contributed by atoms with Crippen molar-refractivity contribution in [3.05, 3.63) is 24.4 Å². The molecule has 3 rings (SSSR count). The minimum atomic E-state index is -3.45. The Balaban J connectivity index is 2.03. The molecule has 0 radical (unpaired) electrons. The molecule has 2 aromatic heterocycles. The standard InChI is InChI=1S/C14H18N6O3S/c1-24(21,22)19-13-8-11(10-2-3-12(15)16-9-10)17-14(18-13)20-4-6-23-7-5-20/h2-3,8-9H,4-7H2,1H3,(H2,15,16)(H,17,18,19). The lowest BCUT2D eigenvalue weighted by Crippen LogP contribution is -2.37. The number of hydrogen-bond acceptors (Lipinski definition) is 8. The van der Waals surface area contributed by atoms with Crippen molar-refractivity contribution in [3.63, 3.8) is 0 Å². The molecular weight excluding hydrogens is 332 g/mol. The van der Waals surface area contributed by atoms with Crippen molar-refractivity contribution in [2.75, 3.05) is 47.9 Å². The molecule has 3 N–H and O–H groups in total. The van der Waals surface area contributed by atoms with Crippen molar-refractivity contribution in [3.8, 4) is 11.3 Å². The number of anilines is 3. The SMILES string of the molecule is CS(=O)(=O)Nc1cc(-c2ccc(N)nc2)nc(N2CCOCC2)n1. The third-order valence-electron chi connectivity index (χ3n) is 3.38. The van der Waals surface area contributed by atoms with Crippen LogP contribution in [0.25, 0.3) is 11.3 Å². The zero-order chi connectivity index (χ0) is 17.2. The Morgan fingerprint density at radius 1 is 1.25 bits per heavy atom. The average molecular weight is 350 g/mol. The lowest BCUT2D eigenvalue weighted by Gasteiger charge is -2.27. The Morgan fingerprint density at radius 3 is 2.62 bits per heavy atom. The van der Waals surface area contributed by atoms with Gasteiger partial charge in [0.2, 0.25) is 16.0 Å². The first kappa shape index (κ1) is 16.4. The van der Waals surface area contributed by atoms with E-state index in [0.29, 0.717) is 43.8 Å². The molecule has 0 spiro atoms. The van der Waals surface area contributed by atoms with E-state index in [1.165, 1.54) is 0 Å². The maximum atomic E-state index is 11.5. The Morgan fingerprint density at radius 2 is 2.00 bits per heavy atom. The van der Waals surface area contributed by atoms with Gasteiger partial charge in [-0.15, -0.1) is 0 Å². The number of ether oxygens (including phenoxy) is 1. The zero-order valence-corrected chi connectivity index (χ0v) is 14.0. The van der Waals surface area contributed by atoms with Crippen molar-refractivity contribution in [2.24, 2.45) is 0 Å². The number of aromatic nitrogens is 3. The lowest BCUT2D eigenvalue weighted by molar-refractivity contribution is 0.122. The molecule has 0 unspecified atom stereocenters. The van der Waals surface area contributed by atoms with Gasteiger partial charge < -0.3 is 15.4 Å². The van der Waals surface area contributed by atoms with Gasteiger partial charge in [-0.1, -0.05) is 0 Å². The van der Waals surface area contributed by atoms with Crippen molar-refractivity contribution in [1.82, 2.24) is 15.0 Å². The molecule has 24 heavy (non-hydrogen) atoms. The van der Waals surface area contributed by atoms with Crippen LogP contribution in [0.15, 0.2) is 24.4 Å². The first-order valence-corrected chi connectivity index (χ1v) is 9.21. The summed E-state index contributed by atoms with van der Waals surface area (Å²) in [7, 11) is -3.45. The predicted octanol–water partition coefficient (Wildman–Crippen LogP) is 0.329. The molecule has 1 saturated heterocycles. The van der Waals surface area contributed by atoms with Crippen LogP contribution in [-0.4, -0.2) is 55.9 Å². The van der Waals surface area contributed by atoms with E-state index in [4.69, 9.17) is 10.5 Å². The fourth-order valence-electron chi connectivity index (χ4n) is 2.29. The van der Waals surface area contributed by atoms with Crippen molar-refractivity contribution in [2.45, 2.75) is 0 Å². The Kier molecular flexibility index (Phi) is 4.49. The molecule has 2 aromatic rings. The number of hydrogen-bond donors (Lipinski definition) is 2. The molecule has 1 aliphatic rings. The maximum absolute atomic E-state index is 11.5. The topological polar surface area (TPSA) is 123 Å². The molecule has 0 aliphatic carbocycles. The third-order valence-corrected chi connectivity index (χ3v) is 3.96. The fourth-order valence-corrected chi connectivity index (χ4v) is 2.77. The van der Waals surface area contributed by atoms with Crippen LogP contribution in [0, 0.1) is 0 Å². The van der Waals surface area contributed by atoms with E-state index in [-0.39, 0.29) is 5.82 Å². The quantitative estimate of drug-likeness (QED) is 0.808. The van der Waals surface area contributed by atoms with Crippen LogP contribution in [0.5, 0.6) is 0 Å². The van der Waals surface area contributed by atoms with E-state index in [2.05, 4.69) is 19.7 Å². The van der Waals surface area contributed by atoms with Gasteiger partial charge in [-0.25, -0.2) is 18.4 Å². The van der Waals surface area contributed by atoms with Gasteiger partial charge in [-0.2, -0.15) is 4.98 Å². The lowest BCUT2D eigenvalue weighted by atomic mass is 10.2. The highest BCUT2D eigenvalue weighted by atomic mass is 32.2. The number of nitrogen functional groups attached to an aromatic ring is 1. The molecule has 0 saturated carbocycles. The Bertz CT molecular complexity index is 819. The summed E-state index contributed by atoms with van der Waals surface area (Å²) in [6.07, 6.45) is 2.67. The number of nitrogens with two attached hydrogens (primary N) is 1. The van der Waals surface area contributed by atoms with Gasteiger partial charge >= 0.3 is 0 Å². The molecule has 1 aliphatic heterocycles. The smallest absolute Gasteiger partial charge is 0.230 e. The number of pyridine rings is 1. The van der Waals surface area contributed by atoms with Gasteiger partial charge in [0.25, 0.3) is 0 Å². The zero-order valence-electron chi connectivity index (χ0n) is 13.1. The van der Waals surface area contributed by atoms with E-state index < -0.39 is 10.0 Å². The largest absolute Gasteiger partial charge is 0.384 e. The van der Waals surface area contributed by atoms with E-state index in [9.17, 15) is 8.42 Å². The highest BCUT2D eigenvalue weighted by Gasteiger charge is 2.17. The van der Waals surface area contributed by atoms with E-state index >= 15 is 0 Å².